The molecule has 0 aliphatic carbocycles. The number of hydrogen-bond donors (Lipinski definition) is 2. The highest BCUT2D eigenvalue weighted by Crippen LogP contribution is 2.16. The molecule has 0 fully saturated rings. The number of halogens is 1. The third-order valence-corrected chi connectivity index (χ3v) is 2.28. The third-order valence-electron chi connectivity index (χ3n) is 1.78. The van der Waals surface area contributed by atoms with Crippen molar-refractivity contribution >= 4 is 27.5 Å². The molecule has 1 rings (SSSR count). The maximum atomic E-state index is 11.5. The quantitative estimate of drug-likeness (QED) is 0.497. The van der Waals surface area contributed by atoms with Gasteiger partial charge in [0.15, 0.2) is 5.57 Å². The number of nitriles is 1. The zero-order valence-corrected chi connectivity index (χ0v) is 10.1. The van der Waals surface area contributed by atoms with E-state index in [1.807, 2.05) is 6.07 Å². The minimum absolute atomic E-state index is 0.292. The molecule has 0 heterocycles. The molecule has 1 amide bonds. The van der Waals surface area contributed by atoms with E-state index in [4.69, 9.17) is 10.4 Å². The number of nitrogens with zero attached hydrogens (tertiary/aromatic N) is 1. The number of rotatable bonds is 2. The van der Waals surface area contributed by atoms with Crippen molar-refractivity contribution in [2.75, 3.05) is 5.32 Å². The van der Waals surface area contributed by atoms with Gasteiger partial charge in [-0.2, -0.15) is 5.26 Å². The van der Waals surface area contributed by atoms with Crippen molar-refractivity contribution < 1.29 is 9.90 Å². The first kappa shape index (κ1) is 12.3. The van der Waals surface area contributed by atoms with Crippen LogP contribution in [0, 0.1) is 11.3 Å². The number of benzene rings is 1. The molecule has 2 N–H and O–H groups in total. The number of carbonyl (C=O) groups is 1. The molecule has 0 atom stereocenters. The zero-order chi connectivity index (χ0) is 12.1. The number of nitrogens with one attached hydrogen (secondary N) is 1. The second-order valence-electron chi connectivity index (χ2n) is 3.04. The number of allylic oxidation sites excluding steroid dienone is 1. The van der Waals surface area contributed by atoms with Gasteiger partial charge in [-0.1, -0.05) is 22.0 Å². The predicted molar refractivity (Wildman–Crippen MR) is 63.7 cm³/mol. The molecule has 0 aliphatic rings. The van der Waals surface area contributed by atoms with Crippen LogP contribution in [-0.4, -0.2) is 11.0 Å². The van der Waals surface area contributed by atoms with E-state index in [1.165, 1.54) is 6.92 Å². The summed E-state index contributed by atoms with van der Waals surface area (Å²) in [6.45, 7) is 1.29. The molecule has 0 aromatic heterocycles. The fourth-order valence-corrected chi connectivity index (χ4v) is 1.46. The number of anilines is 1. The number of aliphatic hydroxyl groups is 1. The molecule has 16 heavy (non-hydrogen) atoms. The summed E-state index contributed by atoms with van der Waals surface area (Å²) in [7, 11) is 0. The summed E-state index contributed by atoms with van der Waals surface area (Å²) in [4.78, 5) is 11.5. The monoisotopic (exact) mass is 280 g/mol. The Bertz CT molecular complexity index is 485. The minimum Gasteiger partial charge on any atom is -0.511 e. The highest BCUT2D eigenvalue weighted by Gasteiger charge is 2.12. The van der Waals surface area contributed by atoms with Crippen LogP contribution >= 0.6 is 15.9 Å². The van der Waals surface area contributed by atoms with Gasteiger partial charge in [-0.15, -0.1) is 0 Å². The third kappa shape index (κ3) is 3.11. The van der Waals surface area contributed by atoms with Crippen LogP contribution in [0.3, 0.4) is 0 Å². The van der Waals surface area contributed by atoms with E-state index in [9.17, 15) is 4.79 Å². The summed E-state index contributed by atoms with van der Waals surface area (Å²) in [5.41, 5.74) is 0.258. The summed E-state index contributed by atoms with van der Waals surface area (Å²) in [5.74, 6) is -0.921. The Kier molecular flexibility index (Phi) is 4.09. The fourth-order valence-electron chi connectivity index (χ4n) is 1.06. The topological polar surface area (TPSA) is 73.1 Å². The lowest BCUT2D eigenvalue weighted by molar-refractivity contribution is -0.112. The molecule has 1 aromatic carbocycles. The maximum absolute atomic E-state index is 11.5. The SMILES string of the molecule is C/C(O)=C(/C#N)C(=O)Nc1cccc(Br)c1. The van der Waals surface area contributed by atoms with Crippen molar-refractivity contribution in [3.8, 4) is 6.07 Å². The number of carbonyl (C=O) groups excluding carboxylic acids is 1. The Morgan fingerprint density at radius 3 is 2.75 bits per heavy atom. The first-order valence-corrected chi connectivity index (χ1v) is 5.20. The summed E-state index contributed by atoms with van der Waals surface area (Å²) < 4.78 is 0.813. The van der Waals surface area contributed by atoms with Crippen molar-refractivity contribution in [1.29, 1.82) is 5.26 Å². The van der Waals surface area contributed by atoms with Crippen LogP contribution in [0.2, 0.25) is 0 Å². The maximum Gasteiger partial charge on any atom is 0.269 e. The molecule has 0 radical (unpaired) electrons. The molecular weight excluding hydrogens is 272 g/mol. The molecule has 0 unspecified atom stereocenters. The van der Waals surface area contributed by atoms with E-state index in [1.54, 1.807) is 24.3 Å². The highest BCUT2D eigenvalue weighted by molar-refractivity contribution is 9.10. The van der Waals surface area contributed by atoms with Gasteiger partial charge in [0.25, 0.3) is 5.91 Å². The van der Waals surface area contributed by atoms with Gasteiger partial charge in [-0.3, -0.25) is 4.79 Å². The molecule has 82 valence electrons. The number of hydrogen-bond acceptors (Lipinski definition) is 3. The van der Waals surface area contributed by atoms with E-state index >= 15 is 0 Å². The first-order chi connectivity index (χ1) is 7.54. The number of aliphatic hydroxyl groups excluding tert-OH is 1. The van der Waals surface area contributed by atoms with E-state index in [2.05, 4.69) is 21.2 Å². The van der Waals surface area contributed by atoms with Gasteiger partial charge in [0, 0.05) is 10.2 Å². The summed E-state index contributed by atoms with van der Waals surface area (Å²) >= 11 is 3.26. The molecule has 5 heteroatoms. The normalized spacial score (nSPS) is 11.3. The van der Waals surface area contributed by atoms with Crippen LogP contribution < -0.4 is 5.32 Å². The van der Waals surface area contributed by atoms with Crippen molar-refractivity contribution in [3.05, 3.63) is 40.1 Å². The lowest BCUT2D eigenvalue weighted by Gasteiger charge is -2.04. The van der Waals surface area contributed by atoms with Crippen LogP contribution in [0.15, 0.2) is 40.1 Å². The Labute approximate surface area is 101 Å². The Balaban J connectivity index is 2.88. The van der Waals surface area contributed by atoms with E-state index < -0.39 is 5.91 Å². The number of amides is 1. The Hall–Kier alpha value is -1.80. The molecular formula is C11H9BrN2O2. The second kappa shape index (κ2) is 5.33. The van der Waals surface area contributed by atoms with Gasteiger partial charge in [-0.05, 0) is 25.1 Å². The second-order valence-corrected chi connectivity index (χ2v) is 3.95. The van der Waals surface area contributed by atoms with Gasteiger partial charge in [0.1, 0.15) is 11.8 Å². The Morgan fingerprint density at radius 2 is 2.25 bits per heavy atom. The molecule has 0 saturated carbocycles. The van der Waals surface area contributed by atoms with Crippen LogP contribution in [0.1, 0.15) is 6.92 Å². The van der Waals surface area contributed by atoms with Crippen LogP contribution in [0.25, 0.3) is 0 Å². The molecule has 0 saturated heterocycles. The standard InChI is InChI=1S/C11H9BrN2O2/c1-7(15)10(6-13)11(16)14-9-4-2-3-8(12)5-9/h2-5,15H,1H3,(H,14,16)/b10-7+. The zero-order valence-electron chi connectivity index (χ0n) is 8.49. The Morgan fingerprint density at radius 1 is 1.56 bits per heavy atom. The van der Waals surface area contributed by atoms with Gasteiger partial charge in [0.2, 0.25) is 0 Å². The fraction of sp³-hybridized carbons (Fsp3) is 0.0909. The summed E-state index contributed by atoms with van der Waals surface area (Å²) in [6, 6.07) is 8.59. The van der Waals surface area contributed by atoms with Crippen molar-refractivity contribution in [2.45, 2.75) is 6.92 Å². The predicted octanol–water partition coefficient (Wildman–Crippen LogP) is 2.74. The summed E-state index contributed by atoms with van der Waals surface area (Å²) in [6.07, 6.45) is 0. The first-order valence-electron chi connectivity index (χ1n) is 4.41. The van der Waals surface area contributed by atoms with Crippen LogP contribution in [0.5, 0.6) is 0 Å². The highest BCUT2D eigenvalue weighted by atomic mass is 79.9. The van der Waals surface area contributed by atoms with Gasteiger partial charge >= 0.3 is 0 Å². The van der Waals surface area contributed by atoms with E-state index in [0.717, 1.165) is 4.47 Å². The van der Waals surface area contributed by atoms with Gasteiger partial charge in [0.05, 0.1) is 0 Å². The minimum atomic E-state index is -0.624. The summed E-state index contributed by atoms with van der Waals surface area (Å²) in [5, 5.41) is 20.3. The van der Waals surface area contributed by atoms with Gasteiger partial charge < -0.3 is 10.4 Å². The van der Waals surface area contributed by atoms with Crippen molar-refractivity contribution in [2.24, 2.45) is 0 Å². The van der Waals surface area contributed by atoms with Crippen molar-refractivity contribution in [3.63, 3.8) is 0 Å². The molecule has 0 bridgehead atoms. The lowest BCUT2D eigenvalue weighted by atomic mass is 10.2. The largest absolute Gasteiger partial charge is 0.511 e. The average Bonchev–Trinajstić information content (AvgIpc) is 2.17. The van der Waals surface area contributed by atoms with Crippen LogP contribution in [-0.2, 0) is 4.79 Å². The molecule has 1 aromatic rings. The van der Waals surface area contributed by atoms with Gasteiger partial charge in [-0.25, -0.2) is 0 Å². The van der Waals surface area contributed by atoms with E-state index in [0.29, 0.717) is 5.69 Å². The molecule has 4 nitrogen and oxygen atoms in total. The van der Waals surface area contributed by atoms with E-state index in [-0.39, 0.29) is 11.3 Å². The lowest BCUT2D eigenvalue weighted by Crippen LogP contribution is -2.14. The average molecular weight is 281 g/mol. The van der Waals surface area contributed by atoms with Crippen LogP contribution in [0.4, 0.5) is 5.69 Å². The smallest absolute Gasteiger partial charge is 0.269 e. The molecule has 0 aliphatic heterocycles. The van der Waals surface area contributed by atoms with Crippen molar-refractivity contribution in [1.82, 2.24) is 0 Å². The molecule has 0 spiro atoms.